The predicted octanol–water partition coefficient (Wildman–Crippen LogP) is 1.80. The van der Waals surface area contributed by atoms with Crippen molar-refractivity contribution in [3.8, 4) is 0 Å². The summed E-state index contributed by atoms with van der Waals surface area (Å²) >= 11 is 0. The van der Waals surface area contributed by atoms with E-state index >= 15 is 0 Å². The average molecular weight is 346 g/mol. The lowest BCUT2D eigenvalue weighted by molar-refractivity contribution is -0.145. The molecular formula is C19H23FN2O3. The summed E-state index contributed by atoms with van der Waals surface area (Å²) in [6, 6.07) is 5.17. The molecule has 3 fully saturated rings. The number of fused-ring (bicyclic) bond motifs is 1. The summed E-state index contributed by atoms with van der Waals surface area (Å²) in [6.45, 7) is 0.701. The summed E-state index contributed by atoms with van der Waals surface area (Å²) in [5, 5.41) is 9.49. The Morgan fingerprint density at radius 2 is 1.76 bits per heavy atom. The fourth-order valence-electron chi connectivity index (χ4n) is 4.56. The molecule has 25 heavy (non-hydrogen) atoms. The monoisotopic (exact) mass is 346 g/mol. The SMILES string of the molecule is O=C([C@@H]1C[C@H]2CCCC[C@H]2N1C(=O)c1ccc(F)cc1)N1CC(O)C1. The fourth-order valence-corrected chi connectivity index (χ4v) is 4.56. The number of likely N-dealkylation sites (tertiary alicyclic amines) is 2. The zero-order chi connectivity index (χ0) is 17.6. The van der Waals surface area contributed by atoms with Crippen molar-refractivity contribution < 1.29 is 19.1 Å². The molecule has 0 spiro atoms. The Morgan fingerprint density at radius 3 is 2.44 bits per heavy atom. The number of aliphatic hydroxyl groups is 1. The smallest absolute Gasteiger partial charge is 0.254 e. The molecule has 2 heterocycles. The molecule has 0 aromatic heterocycles. The van der Waals surface area contributed by atoms with E-state index in [9.17, 15) is 19.1 Å². The summed E-state index contributed by atoms with van der Waals surface area (Å²) in [6.07, 6.45) is 4.42. The molecular weight excluding hydrogens is 323 g/mol. The second-order valence-corrected chi connectivity index (χ2v) is 7.48. The van der Waals surface area contributed by atoms with Gasteiger partial charge in [-0.25, -0.2) is 4.39 Å². The van der Waals surface area contributed by atoms with Gasteiger partial charge in [0.1, 0.15) is 11.9 Å². The molecule has 0 unspecified atom stereocenters. The predicted molar refractivity (Wildman–Crippen MR) is 89.3 cm³/mol. The van der Waals surface area contributed by atoms with Crippen molar-refractivity contribution in [2.45, 2.75) is 50.3 Å². The van der Waals surface area contributed by atoms with E-state index in [0.717, 1.165) is 25.7 Å². The molecule has 134 valence electrons. The van der Waals surface area contributed by atoms with Gasteiger partial charge in [0.2, 0.25) is 5.91 Å². The number of halogens is 1. The van der Waals surface area contributed by atoms with Crippen LogP contribution in [0.4, 0.5) is 4.39 Å². The van der Waals surface area contributed by atoms with Gasteiger partial charge in [0, 0.05) is 24.7 Å². The quantitative estimate of drug-likeness (QED) is 0.888. The number of hydrogen-bond donors (Lipinski definition) is 1. The molecule has 6 heteroatoms. The van der Waals surface area contributed by atoms with Crippen LogP contribution in [0.3, 0.4) is 0 Å². The maximum atomic E-state index is 13.2. The molecule has 5 nitrogen and oxygen atoms in total. The van der Waals surface area contributed by atoms with Crippen LogP contribution in [0, 0.1) is 11.7 Å². The third kappa shape index (κ3) is 2.92. The van der Waals surface area contributed by atoms with Gasteiger partial charge in [0.05, 0.1) is 6.10 Å². The van der Waals surface area contributed by atoms with Crippen molar-refractivity contribution in [3.05, 3.63) is 35.6 Å². The van der Waals surface area contributed by atoms with Crippen LogP contribution in [-0.4, -0.2) is 58.0 Å². The van der Waals surface area contributed by atoms with Gasteiger partial charge in [-0.3, -0.25) is 9.59 Å². The van der Waals surface area contributed by atoms with Gasteiger partial charge in [-0.05, 0) is 49.4 Å². The molecule has 3 atom stereocenters. The molecule has 1 aliphatic carbocycles. The summed E-state index contributed by atoms with van der Waals surface area (Å²) in [7, 11) is 0. The zero-order valence-corrected chi connectivity index (χ0v) is 14.1. The standard InChI is InChI=1S/C19H23FN2O3/c20-14-7-5-12(6-8-14)18(24)22-16-4-2-1-3-13(16)9-17(22)19(25)21-10-15(23)11-21/h5-8,13,15-17,23H,1-4,9-11H2/t13-,16-,17+/m1/s1. The van der Waals surface area contributed by atoms with Crippen molar-refractivity contribution in [2.24, 2.45) is 5.92 Å². The number of rotatable bonds is 2. The number of amides is 2. The van der Waals surface area contributed by atoms with Crippen molar-refractivity contribution in [3.63, 3.8) is 0 Å². The first-order chi connectivity index (χ1) is 12.0. The van der Waals surface area contributed by atoms with Crippen molar-refractivity contribution in [1.82, 2.24) is 9.80 Å². The number of hydrogen-bond acceptors (Lipinski definition) is 3. The second kappa shape index (κ2) is 6.41. The lowest BCUT2D eigenvalue weighted by atomic mass is 9.84. The van der Waals surface area contributed by atoms with Gasteiger partial charge < -0.3 is 14.9 Å². The fraction of sp³-hybridized carbons (Fsp3) is 0.579. The van der Waals surface area contributed by atoms with Gasteiger partial charge in [0.25, 0.3) is 5.91 Å². The Kier molecular flexibility index (Phi) is 4.23. The van der Waals surface area contributed by atoms with Crippen LogP contribution in [0.25, 0.3) is 0 Å². The van der Waals surface area contributed by atoms with Gasteiger partial charge in [0.15, 0.2) is 0 Å². The largest absolute Gasteiger partial charge is 0.389 e. The van der Waals surface area contributed by atoms with Crippen LogP contribution in [-0.2, 0) is 4.79 Å². The van der Waals surface area contributed by atoms with Crippen LogP contribution in [0.5, 0.6) is 0 Å². The maximum absolute atomic E-state index is 13.2. The third-order valence-electron chi connectivity index (χ3n) is 5.87. The Labute approximate surface area is 146 Å². The normalized spacial score (nSPS) is 29.3. The minimum absolute atomic E-state index is 0.0600. The summed E-state index contributed by atoms with van der Waals surface area (Å²) in [5.41, 5.74) is 0.425. The van der Waals surface area contributed by atoms with Gasteiger partial charge in [-0.15, -0.1) is 0 Å². The highest BCUT2D eigenvalue weighted by atomic mass is 19.1. The summed E-state index contributed by atoms with van der Waals surface area (Å²) in [4.78, 5) is 29.4. The first-order valence-corrected chi connectivity index (χ1v) is 9.09. The molecule has 4 rings (SSSR count). The highest BCUT2D eigenvalue weighted by Crippen LogP contribution is 2.41. The van der Waals surface area contributed by atoms with E-state index in [1.807, 2.05) is 0 Å². The molecule has 1 N–H and O–H groups in total. The molecule has 0 bridgehead atoms. The highest BCUT2D eigenvalue weighted by Gasteiger charge is 2.49. The van der Waals surface area contributed by atoms with Crippen molar-refractivity contribution >= 4 is 11.8 Å². The molecule has 2 saturated heterocycles. The molecule has 1 aromatic rings. The van der Waals surface area contributed by atoms with Crippen LogP contribution >= 0.6 is 0 Å². The van der Waals surface area contributed by atoms with E-state index in [1.165, 1.54) is 24.3 Å². The minimum Gasteiger partial charge on any atom is -0.389 e. The number of aliphatic hydroxyl groups excluding tert-OH is 1. The lowest BCUT2D eigenvalue weighted by Gasteiger charge is -2.40. The lowest BCUT2D eigenvalue weighted by Crippen LogP contribution is -2.59. The van der Waals surface area contributed by atoms with Crippen LogP contribution in [0.2, 0.25) is 0 Å². The van der Waals surface area contributed by atoms with E-state index in [2.05, 4.69) is 0 Å². The minimum atomic E-state index is -0.460. The van der Waals surface area contributed by atoms with E-state index in [4.69, 9.17) is 0 Å². The maximum Gasteiger partial charge on any atom is 0.254 e. The third-order valence-corrected chi connectivity index (χ3v) is 5.87. The number of nitrogens with zero attached hydrogens (tertiary/aromatic N) is 2. The van der Waals surface area contributed by atoms with Crippen LogP contribution in [0.1, 0.15) is 42.5 Å². The van der Waals surface area contributed by atoms with Crippen molar-refractivity contribution in [1.29, 1.82) is 0 Å². The summed E-state index contributed by atoms with van der Waals surface area (Å²) in [5.74, 6) is -0.266. The molecule has 2 aliphatic heterocycles. The second-order valence-electron chi connectivity index (χ2n) is 7.48. The molecule has 3 aliphatic rings. The first-order valence-electron chi connectivity index (χ1n) is 9.09. The zero-order valence-electron chi connectivity index (χ0n) is 14.1. The first kappa shape index (κ1) is 16.5. The van der Waals surface area contributed by atoms with E-state index < -0.39 is 12.1 Å². The van der Waals surface area contributed by atoms with Crippen molar-refractivity contribution in [2.75, 3.05) is 13.1 Å². The number of carbonyl (C=O) groups is 2. The molecule has 1 saturated carbocycles. The number of benzene rings is 1. The highest BCUT2D eigenvalue weighted by molar-refractivity contribution is 5.98. The number of carbonyl (C=O) groups excluding carboxylic acids is 2. The Hall–Kier alpha value is -1.95. The topological polar surface area (TPSA) is 60.9 Å². The van der Waals surface area contributed by atoms with Gasteiger partial charge in [-0.2, -0.15) is 0 Å². The Morgan fingerprint density at radius 1 is 1.08 bits per heavy atom. The summed E-state index contributed by atoms with van der Waals surface area (Å²) < 4.78 is 13.2. The average Bonchev–Trinajstić information content (AvgIpc) is 2.98. The molecule has 1 aromatic carbocycles. The van der Waals surface area contributed by atoms with Gasteiger partial charge >= 0.3 is 0 Å². The van der Waals surface area contributed by atoms with Crippen LogP contribution < -0.4 is 0 Å². The Bertz CT molecular complexity index is 672. The van der Waals surface area contributed by atoms with Crippen LogP contribution in [0.15, 0.2) is 24.3 Å². The Balaban J connectivity index is 1.61. The van der Waals surface area contributed by atoms with E-state index in [0.29, 0.717) is 31.0 Å². The molecule has 2 amide bonds. The van der Waals surface area contributed by atoms with E-state index in [1.54, 1.807) is 9.80 Å². The van der Waals surface area contributed by atoms with Gasteiger partial charge in [-0.1, -0.05) is 12.8 Å². The van der Waals surface area contributed by atoms with E-state index in [-0.39, 0.29) is 23.7 Å². The molecule has 0 radical (unpaired) electrons. The number of β-amino-alcohol motifs (C(OH)–C–C–N with tert-alkyl or cyclic N) is 1.